The van der Waals surface area contributed by atoms with Gasteiger partial charge in [-0.15, -0.1) is 0 Å². The van der Waals surface area contributed by atoms with Gasteiger partial charge in [0.1, 0.15) is 12.0 Å². The van der Waals surface area contributed by atoms with Crippen molar-refractivity contribution in [3.8, 4) is 5.75 Å². The lowest BCUT2D eigenvalue weighted by Gasteiger charge is -2.40. The van der Waals surface area contributed by atoms with Crippen molar-refractivity contribution >= 4 is 23.9 Å². The summed E-state index contributed by atoms with van der Waals surface area (Å²) in [6.07, 6.45) is 5.40. The fourth-order valence-electron chi connectivity index (χ4n) is 7.22. The molecule has 1 saturated carbocycles. The zero-order chi connectivity index (χ0) is 27.3. The van der Waals surface area contributed by atoms with E-state index in [4.69, 9.17) is 14.2 Å². The molecular formula is C31H31FO7. The molecule has 2 saturated heterocycles. The first-order valence-electron chi connectivity index (χ1n) is 13.9. The maximum atomic E-state index is 15.6. The van der Waals surface area contributed by atoms with E-state index < -0.39 is 59.5 Å². The number of halogens is 1. The molecule has 0 bridgehead atoms. The molecule has 0 radical (unpaired) electrons. The lowest BCUT2D eigenvalue weighted by Crippen LogP contribution is -2.46. The van der Waals surface area contributed by atoms with Gasteiger partial charge < -0.3 is 14.2 Å². The van der Waals surface area contributed by atoms with Crippen LogP contribution >= 0.6 is 0 Å². The summed E-state index contributed by atoms with van der Waals surface area (Å²) in [6, 6.07) is 11.9. The third kappa shape index (κ3) is 4.53. The first-order valence-corrected chi connectivity index (χ1v) is 13.9. The van der Waals surface area contributed by atoms with E-state index in [9.17, 15) is 19.2 Å². The Morgan fingerprint density at radius 2 is 1.62 bits per heavy atom. The van der Waals surface area contributed by atoms with E-state index in [1.807, 2.05) is 6.07 Å². The number of benzene rings is 2. The number of fused-ring (bicyclic) bond motifs is 3. The Bertz CT molecular complexity index is 1330. The Morgan fingerprint density at radius 3 is 2.28 bits per heavy atom. The minimum atomic E-state index is -1.11. The maximum absolute atomic E-state index is 15.6. The van der Waals surface area contributed by atoms with Crippen LogP contribution in [0.2, 0.25) is 0 Å². The molecule has 4 aliphatic rings. The number of carbonyl (C=O) groups is 4. The van der Waals surface area contributed by atoms with Crippen LogP contribution in [0.1, 0.15) is 86.3 Å². The van der Waals surface area contributed by atoms with Crippen molar-refractivity contribution in [1.82, 2.24) is 0 Å². The summed E-state index contributed by atoms with van der Waals surface area (Å²) in [7, 11) is 0. The lowest BCUT2D eigenvalue weighted by atomic mass is 9.65. The van der Waals surface area contributed by atoms with Crippen molar-refractivity contribution < 1.29 is 37.8 Å². The summed E-state index contributed by atoms with van der Waals surface area (Å²) in [5.41, 5.74) is 2.05. The molecule has 0 amide bonds. The quantitative estimate of drug-likeness (QED) is 0.366. The molecule has 7 nitrogen and oxygen atoms in total. The number of hydrogen-bond donors (Lipinski definition) is 0. The van der Waals surface area contributed by atoms with E-state index >= 15 is 4.39 Å². The molecule has 5 unspecified atom stereocenters. The molecule has 5 atom stereocenters. The fourth-order valence-corrected chi connectivity index (χ4v) is 7.22. The van der Waals surface area contributed by atoms with Crippen LogP contribution in [0.3, 0.4) is 0 Å². The summed E-state index contributed by atoms with van der Waals surface area (Å²) in [6.45, 7) is 2.20. The number of cyclic esters (lactones) is 4. The Kier molecular flexibility index (Phi) is 6.73. The zero-order valence-electron chi connectivity index (χ0n) is 21.8. The topological polar surface area (TPSA) is 96.0 Å². The molecule has 39 heavy (non-hydrogen) atoms. The Morgan fingerprint density at radius 1 is 0.872 bits per heavy atom. The van der Waals surface area contributed by atoms with Crippen LogP contribution in [0.4, 0.5) is 4.39 Å². The molecule has 0 aromatic heterocycles. The Labute approximate surface area is 226 Å². The third-order valence-corrected chi connectivity index (χ3v) is 9.06. The number of rotatable bonds is 6. The van der Waals surface area contributed by atoms with Crippen molar-refractivity contribution in [2.24, 2.45) is 17.8 Å². The van der Waals surface area contributed by atoms with Gasteiger partial charge in [0, 0.05) is 5.92 Å². The van der Waals surface area contributed by atoms with Crippen LogP contribution in [-0.2, 0) is 28.7 Å². The monoisotopic (exact) mass is 534 g/mol. The average Bonchev–Trinajstić information content (AvgIpc) is 3.42. The van der Waals surface area contributed by atoms with Crippen LogP contribution in [0.15, 0.2) is 42.5 Å². The summed E-state index contributed by atoms with van der Waals surface area (Å²) in [5.74, 6) is -6.29. The van der Waals surface area contributed by atoms with Crippen LogP contribution in [0.25, 0.3) is 0 Å². The molecule has 2 heterocycles. The largest absolute Gasteiger partial charge is 0.486 e. The second-order valence-corrected chi connectivity index (χ2v) is 11.3. The van der Waals surface area contributed by atoms with Gasteiger partial charge >= 0.3 is 23.9 Å². The van der Waals surface area contributed by atoms with Crippen molar-refractivity contribution in [3.05, 3.63) is 65.0 Å². The van der Waals surface area contributed by atoms with Crippen LogP contribution in [-0.4, -0.2) is 30.0 Å². The Hall–Kier alpha value is -3.55. The van der Waals surface area contributed by atoms with Gasteiger partial charge in [0.2, 0.25) is 0 Å². The molecule has 204 valence electrons. The maximum Gasteiger partial charge on any atom is 0.322 e. The van der Waals surface area contributed by atoms with Gasteiger partial charge in [0.15, 0.2) is 11.6 Å². The number of ether oxygens (including phenoxy) is 3. The van der Waals surface area contributed by atoms with Gasteiger partial charge in [-0.25, -0.2) is 4.39 Å². The van der Waals surface area contributed by atoms with E-state index in [1.165, 1.54) is 18.9 Å². The second-order valence-electron chi connectivity index (χ2n) is 11.3. The van der Waals surface area contributed by atoms with Gasteiger partial charge in [-0.3, -0.25) is 19.2 Å². The van der Waals surface area contributed by atoms with Crippen LogP contribution < -0.4 is 4.74 Å². The average molecular weight is 535 g/mol. The predicted molar refractivity (Wildman–Crippen MR) is 136 cm³/mol. The van der Waals surface area contributed by atoms with E-state index in [-0.39, 0.29) is 18.1 Å². The molecule has 0 spiro atoms. The van der Waals surface area contributed by atoms with Crippen LogP contribution in [0.5, 0.6) is 5.75 Å². The summed E-state index contributed by atoms with van der Waals surface area (Å²) in [5, 5.41) is 0. The van der Waals surface area contributed by atoms with Gasteiger partial charge in [-0.2, -0.15) is 0 Å². The molecule has 3 fully saturated rings. The summed E-state index contributed by atoms with van der Waals surface area (Å²) in [4.78, 5) is 50.5. The van der Waals surface area contributed by atoms with E-state index in [0.717, 1.165) is 37.2 Å². The fraction of sp³-hybridized carbons (Fsp3) is 0.484. The number of hydrogen-bond acceptors (Lipinski definition) is 7. The smallest absolute Gasteiger partial charge is 0.322 e. The SMILES string of the molecule is CCCC1CCC(c2ccc(OC3C4C(=O)OC(=O)C4c4ccccc4C3C3CC(=O)OC3=O)c(F)c2)CC1. The molecule has 8 heteroatoms. The zero-order valence-corrected chi connectivity index (χ0v) is 21.8. The lowest BCUT2D eigenvalue weighted by molar-refractivity contribution is -0.156. The van der Waals surface area contributed by atoms with Crippen molar-refractivity contribution in [2.45, 2.75) is 75.7 Å². The van der Waals surface area contributed by atoms with Crippen molar-refractivity contribution in [2.75, 3.05) is 0 Å². The van der Waals surface area contributed by atoms with Crippen molar-refractivity contribution in [3.63, 3.8) is 0 Å². The first-order chi connectivity index (χ1) is 18.9. The van der Waals surface area contributed by atoms with Gasteiger partial charge in [-0.1, -0.05) is 50.1 Å². The van der Waals surface area contributed by atoms with E-state index in [1.54, 1.807) is 30.3 Å². The minimum absolute atomic E-state index is 0.0728. The van der Waals surface area contributed by atoms with Gasteiger partial charge in [0.25, 0.3) is 0 Å². The Balaban J connectivity index is 1.34. The van der Waals surface area contributed by atoms with E-state index in [0.29, 0.717) is 11.1 Å². The minimum Gasteiger partial charge on any atom is -0.486 e. The first kappa shape index (κ1) is 25.7. The second kappa shape index (κ2) is 10.2. The third-order valence-electron chi connectivity index (χ3n) is 9.06. The molecule has 2 aromatic rings. The highest BCUT2D eigenvalue weighted by Gasteiger charge is 2.60. The van der Waals surface area contributed by atoms with Gasteiger partial charge in [0.05, 0.1) is 18.3 Å². The standard InChI is InChI=1S/C31H31FO7/c1-2-5-16-8-10-17(11-9-16)18-12-13-23(22(32)14-18)37-28-25(21-15-24(33)38-29(21)34)19-6-3-4-7-20(19)26-27(28)31(36)39-30(26)35/h3-4,6-7,12-14,16-17,21,25-28H,2,5,8-11,15H2,1H3. The normalized spacial score (nSPS) is 31.9. The highest BCUT2D eigenvalue weighted by atomic mass is 19.1. The highest BCUT2D eigenvalue weighted by Crippen LogP contribution is 2.52. The number of carbonyl (C=O) groups excluding carboxylic acids is 4. The molecule has 2 aliphatic carbocycles. The van der Waals surface area contributed by atoms with Gasteiger partial charge in [-0.05, 0) is 66.3 Å². The molecule has 6 rings (SSSR count). The number of esters is 4. The molecule has 2 aliphatic heterocycles. The highest BCUT2D eigenvalue weighted by molar-refractivity contribution is 6.01. The summed E-state index contributed by atoms with van der Waals surface area (Å²) >= 11 is 0. The predicted octanol–water partition coefficient (Wildman–Crippen LogP) is 5.32. The molecule has 0 N–H and O–H groups in total. The van der Waals surface area contributed by atoms with Crippen LogP contribution in [0, 0.1) is 23.6 Å². The molecule has 2 aromatic carbocycles. The molecular weight excluding hydrogens is 503 g/mol. The van der Waals surface area contributed by atoms with Crippen molar-refractivity contribution in [1.29, 1.82) is 0 Å². The van der Waals surface area contributed by atoms with E-state index in [2.05, 4.69) is 6.92 Å². The summed E-state index contributed by atoms with van der Waals surface area (Å²) < 4.78 is 31.6.